The number of carbonyl (C=O) groups is 2. The maximum atomic E-state index is 12.0. The first-order chi connectivity index (χ1) is 13.0. The summed E-state index contributed by atoms with van der Waals surface area (Å²) < 4.78 is 6.52. The standard InChI is InChI=1S/C18H15BrN4O3S/c1-11(24)20-14-6-2-12(3-7-14)17-22-23-18(26-17)27-10-16(25)21-15-8-4-13(19)5-9-15/h2-9H,10H2,1H3,(H,20,24)(H,21,25). The fraction of sp³-hybridized carbons (Fsp3) is 0.111. The molecule has 0 radical (unpaired) electrons. The largest absolute Gasteiger partial charge is 0.411 e. The first-order valence-corrected chi connectivity index (χ1v) is 9.67. The van der Waals surface area contributed by atoms with E-state index in [0.29, 0.717) is 22.5 Å². The summed E-state index contributed by atoms with van der Waals surface area (Å²) in [6, 6.07) is 14.4. The van der Waals surface area contributed by atoms with Crippen LogP contribution >= 0.6 is 27.7 Å². The van der Waals surface area contributed by atoms with Crippen LogP contribution in [0.3, 0.4) is 0 Å². The molecule has 1 heterocycles. The van der Waals surface area contributed by atoms with E-state index in [4.69, 9.17) is 4.42 Å². The van der Waals surface area contributed by atoms with E-state index in [2.05, 4.69) is 36.8 Å². The highest BCUT2D eigenvalue weighted by Gasteiger charge is 2.11. The van der Waals surface area contributed by atoms with E-state index < -0.39 is 0 Å². The van der Waals surface area contributed by atoms with E-state index in [1.165, 1.54) is 6.92 Å². The molecule has 3 aromatic rings. The van der Waals surface area contributed by atoms with Crippen LogP contribution in [0.4, 0.5) is 11.4 Å². The van der Waals surface area contributed by atoms with Crippen LogP contribution in [0.1, 0.15) is 6.92 Å². The number of hydrogen-bond acceptors (Lipinski definition) is 6. The first-order valence-electron chi connectivity index (χ1n) is 7.89. The number of anilines is 2. The van der Waals surface area contributed by atoms with Gasteiger partial charge in [0.05, 0.1) is 5.75 Å². The summed E-state index contributed by atoms with van der Waals surface area (Å²) in [5, 5.41) is 13.7. The van der Waals surface area contributed by atoms with Gasteiger partial charge in [-0.05, 0) is 48.5 Å². The Balaban J connectivity index is 1.55. The molecule has 0 saturated carbocycles. The molecule has 3 rings (SSSR count). The Kier molecular flexibility index (Phi) is 6.25. The molecule has 0 aliphatic heterocycles. The lowest BCUT2D eigenvalue weighted by Crippen LogP contribution is -2.13. The molecule has 9 heteroatoms. The number of benzene rings is 2. The van der Waals surface area contributed by atoms with E-state index >= 15 is 0 Å². The molecular weight excluding hydrogens is 432 g/mol. The first kappa shape index (κ1) is 19.1. The van der Waals surface area contributed by atoms with E-state index in [0.717, 1.165) is 21.8 Å². The number of aromatic nitrogens is 2. The van der Waals surface area contributed by atoms with Gasteiger partial charge in [-0.1, -0.05) is 27.7 Å². The van der Waals surface area contributed by atoms with Crippen molar-refractivity contribution in [1.29, 1.82) is 0 Å². The fourth-order valence-corrected chi connectivity index (χ4v) is 2.97. The maximum Gasteiger partial charge on any atom is 0.277 e. The molecular formula is C18H15BrN4O3S. The van der Waals surface area contributed by atoms with Crippen molar-refractivity contribution in [2.45, 2.75) is 12.1 Å². The third kappa shape index (κ3) is 5.66. The second-order valence-electron chi connectivity index (χ2n) is 5.48. The summed E-state index contributed by atoms with van der Waals surface area (Å²) in [5.74, 6) is 0.196. The fourth-order valence-electron chi connectivity index (χ4n) is 2.14. The van der Waals surface area contributed by atoms with Crippen LogP contribution in [0.15, 0.2) is 62.6 Å². The quantitative estimate of drug-likeness (QED) is 0.550. The van der Waals surface area contributed by atoms with Gasteiger partial charge < -0.3 is 15.1 Å². The van der Waals surface area contributed by atoms with Gasteiger partial charge in [-0.3, -0.25) is 9.59 Å². The summed E-state index contributed by atoms with van der Waals surface area (Å²) in [6.45, 7) is 1.45. The Morgan fingerprint density at radius 2 is 1.63 bits per heavy atom. The maximum absolute atomic E-state index is 12.0. The van der Waals surface area contributed by atoms with Gasteiger partial charge in [-0.2, -0.15) is 0 Å². The zero-order valence-corrected chi connectivity index (χ0v) is 16.6. The molecule has 27 heavy (non-hydrogen) atoms. The number of hydrogen-bond donors (Lipinski definition) is 2. The van der Waals surface area contributed by atoms with Crippen molar-refractivity contribution in [3.05, 3.63) is 53.0 Å². The molecule has 2 N–H and O–H groups in total. The Morgan fingerprint density at radius 1 is 1.00 bits per heavy atom. The van der Waals surface area contributed by atoms with Gasteiger partial charge in [-0.15, -0.1) is 10.2 Å². The predicted octanol–water partition coefficient (Wildman–Crippen LogP) is 4.19. The number of nitrogens with one attached hydrogen (secondary N) is 2. The molecule has 0 fully saturated rings. The Hall–Kier alpha value is -2.65. The van der Waals surface area contributed by atoms with E-state index in [-0.39, 0.29) is 17.6 Å². The van der Waals surface area contributed by atoms with E-state index in [1.54, 1.807) is 24.3 Å². The van der Waals surface area contributed by atoms with Crippen LogP contribution in [0.5, 0.6) is 0 Å². The molecule has 7 nitrogen and oxygen atoms in total. The zero-order valence-electron chi connectivity index (χ0n) is 14.2. The molecule has 0 atom stereocenters. The normalized spacial score (nSPS) is 10.4. The SMILES string of the molecule is CC(=O)Nc1ccc(-c2nnc(SCC(=O)Nc3ccc(Br)cc3)o2)cc1. The second kappa shape index (κ2) is 8.83. The average Bonchev–Trinajstić information content (AvgIpc) is 3.11. The summed E-state index contributed by atoms with van der Waals surface area (Å²) >= 11 is 4.51. The van der Waals surface area contributed by atoms with Crippen LogP contribution in [0, 0.1) is 0 Å². The number of amides is 2. The van der Waals surface area contributed by atoms with Crippen molar-refractivity contribution in [2.24, 2.45) is 0 Å². The molecule has 2 aromatic carbocycles. The van der Waals surface area contributed by atoms with Gasteiger partial charge in [0.15, 0.2) is 0 Å². The Labute approximate surface area is 168 Å². The highest BCUT2D eigenvalue weighted by atomic mass is 79.9. The highest BCUT2D eigenvalue weighted by molar-refractivity contribution is 9.10. The van der Waals surface area contributed by atoms with Gasteiger partial charge in [0, 0.05) is 28.3 Å². The number of carbonyl (C=O) groups excluding carboxylic acids is 2. The van der Waals surface area contributed by atoms with Crippen molar-refractivity contribution in [1.82, 2.24) is 10.2 Å². The van der Waals surface area contributed by atoms with Gasteiger partial charge in [0.2, 0.25) is 17.7 Å². The minimum atomic E-state index is -0.165. The molecule has 138 valence electrons. The summed E-state index contributed by atoms with van der Waals surface area (Å²) in [4.78, 5) is 23.0. The van der Waals surface area contributed by atoms with Crippen LogP contribution in [0.2, 0.25) is 0 Å². The lowest BCUT2D eigenvalue weighted by atomic mass is 10.2. The lowest BCUT2D eigenvalue weighted by molar-refractivity contribution is -0.114. The second-order valence-corrected chi connectivity index (χ2v) is 7.32. The summed E-state index contributed by atoms with van der Waals surface area (Å²) in [7, 11) is 0. The third-order valence-corrected chi connectivity index (χ3v) is 4.66. The summed E-state index contributed by atoms with van der Waals surface area (Å²) in [6.07, 6.45) is 0. The Morgan fingerprint density at radius 3 is 2.30 bits per heavy atom. The minimum absolute atomic E-state index is 0.138. The van der Waals surface area contributed by atoms with Crippen LogP contribution in [-0.4, -0.2) is 27.8 Å². The minimum Gasteiger partial charge on any atom is -0.411 e. The molecule has 0 aliphatic carbocycles. The van der Waals surface area contributed by atoms with Crippen LogP contribution in [-0.2, 0) is 9.59 Å². The molecule has 0 bridgehead atoms. The Bertz CT molecular complexity index is 942. The molecule has 0 aliphatic rings. The van der Waals surface area contributed by atoms with E-state index in [9.17, 15) is 9.59 Å². The van der Waals surface area contributed by atoms with Gasteiger partial charge >= 0.3 is 0 Å². The monoisotopic (exact) mass is 446 g/mol. The van der Waals surface area contributed by atoms with Gasteiger partial charge in [0.25, 0.3) is 5.22 Å². The topological polar surface area (TPSA) is 97.1 Å². The van der Waals surface area contributed by atoms with Crippen molar-refractivity contribution in [2.75, 3.05) is 16.4 Å². The molecule has 0 saturated heterocycles. The van der Waals surface area contributed by atoms with Crippen LogP contribution < -0.4 is 10.6 Å². The molecule has 0 unspecified atom stereocenters. The van der Waals surface area contributed by atoms with Crippen molar-refractivity contribution in [3.8, 4) is 11.5 Å². The highest BCUT2D eigenvalue weighted by Crippen LogP contribution is 2.24. The predicted molar refractivity (Wildman–Crippen MR) is 108 cm³/mol. The van der Waals surface area contributed by atoms with Gasteiger partial charge in [-0.25, -0.2) is 0 Å². The molecule has 1 aromatic heterocycles. The molecule has 0 spiro atoms. The number of halogens is 1. The van der Waals surface area contributed by atoms with Crippen molar-refractivity contribution < 1.29 is 14.0 Å². The smallest absolute Gasteiger partial charge is 0.277 e. The van der Waals surface area contributed by atoms with Crippen LogP contribution in [0.25, 0.3) is 11.5 Å². The number of nitrogens with zero attached hydrogens (tertiary/aromatic N) is 2. The zero-order chi connectivity index (χ0) is 19.2. The lowest BCUT2D eigenvalue weighted by Gasteiger charge is -2.03. The molecule has 2 amide bonds. The number of thioether (sulfide) groups is 1. The van der Waals surface area contributed by atoms with Crippen molar-refractivity contribution >= 4 is 50.9 Å². The van der Waals surface area contributed by atoms with Gasteiger partial charge in [0.1, 0.15) is 0 Å². The third-order valence-electron chi connectivity index (χ3n) is 3.31. The van der Waals surface area contributed by atoms with E-state index in [1.807, 2.05) is 24.3 Å². The summed E-state index contributed by atoms with van der Waals surface area (Å²) in [5.41, 5.74) is 2.13. The van der Waals surface area contributed by atoms with Crippen molar-refractivity contribution in [3.63, 3.8) is 0 Å². The number of rotatable bonds is 6. The average molecular weight is 447 g/mol.